The van der Waals surface area contributed by atoms with Gasteiger partial charge < -0.3 is 14.2 Å². The molecule has 0 spiro atoms. The van der Waals surface area contributed by atoms with Crippen LogP contribution in [0, 0.1) is 12.7 Å². The first-order chi connectivity index (χ1) is 12.5. The molecule has 0 unspecified atom stereocenters. The molecule has 0 radical (unpaired) electrons. The van der Waals surface area contributed by atoms with E-state index in [0.29, 0.717) is 28.6 Å². The molecule has 134 valence electrons. The molecule has 0 bridgehead atoms. The Bertz CT molecular complexity index is 910. The van der Waals surface area contributed by atoms with Crippen LogP contribution in [0.4, 0.5) is 4.39 Å². The molecule has 1 heterocycles. The standard InChI is InChI=1S/C19H18FN3O3/c1-13-21-18(22-26-13)12-25-17-10-6-4-8-15(17)19(24)23(2)11-14-7-3-5-9-16(14)20/h3-10H,11-12H2,1-2H3. The predicted molar refractivity (Wildman–Crippen MR) is 92.0 cm³/mol. The van der Waals surface area contributed by atoms with E-state index >= 15 is 0 Å². The minimum atomic E-state index is -0.343. The fourth-order valence-electron chi connectivity index (χ4n) is 2.47. The quantitative estimate of drug-likeness (QED) is 0.678. The first-order valence-electron chi connectivity index (χ1n) is 8.04. The van der Waals surface area contributed by atoms with Gasteiger partial charge in [-0.05, 0) is 18.2 Å². The highest BCUT2D eigenvalue weighted by Gasteiger charge is 2.18. The highest BCUT2D eigenvalue weighted by Crippen LogP contribution is 2.21. The number of carbonyl (C=O) groups is 1. The Morgan fingerprint density at radius 1 is 1.19 bits per heavy atom. The lowest BCUT2D eigenvalue weighted by molar-refractivity contribution is 0.0778. The molecule has 1 amide bonds. The Morgan fingerprint density at radius 3 is 2.65 bits per heavy atom. The lowest BCUT2D eigenvalue weighted by atomic mass is 10.1. The Balaban J connectivity index is 1.73. The minimum absolute atomic E-state index is 0.0820. The van der Waals surface area contributed by atoms with Gasteiger partial charge in [-0.15, -0.1) is 0 Å². The van der Waals surface area contributed by atoms with E-state index in [1.807, 2.05) is 0 Å². The maximum atomic E-state index is 13.8. The van der Waals surface area contributed by atoms with Crippen molar-refractivity contribution in [3.8, 4) is 5.75 Å². The van der Waals surface area contributed by atoms with Crippen molar-refractivity contribution in [1.29, 1.82) is 0 Å². The topological polar surface area (TPSA) is 68.5 Å². The van der Waals surface area contributed by atoms with Crippen LogP contribution in [0.15, 0.2) is 53.1 Å². The maximum absolute atomic E-state index is 13.8. The van der Waals surface area contributed by atoms with Crippen molar-refractivity contribution < 1.29 is 18.4 Å². The zero-order chi connectivity index (χ0) is 18.5. The second-order valence-electron chi connectivity index (χ2n) is 5.77. The molecule has 0 N–H and O–H groups in total. The lowest BCUT2D eigenvalue weighted by Crippen LogP contribution is -2.27. The van der Waals surface area contributed by atoms with E-state index < -0.39 is 0 Å². The summed E-state index contributed by atoms with van der Waals surface area (Å²) in [6.45, 7) is 1.92. The van der Waals surface area contributed by atoms with Crippen LogP contribution in [0.5, 0.6) is 5.75 Å². The van der Waals surface area contributed by atoms with Crippen molar-refractivity contribution >= 4 is 5.91 Å². The molecule has 0 aliphatic heterocycles. The Labute approximate surface area is 150 Å². The van der Waals surface area contributed by atoms with Crippen molar-refractivity contribution in [3.05, 3.63) is 77.2 Å². The van der Waals surface area contributed by atoms with Gasteiger partial charge in [0.1, 0.15) is 11.6 Å². The van der Waals surface area contributed by atoms with E-state index in [9.17, 15) is 9.18 Å². The molecule has 0 atom stereocenters. The van der Waals surface area contributed by atoms with Crippen LogP contribution in [0.3, 0.4) is 0 Å². The van der Waals surface area contributed by atoms with Crippen molar-refractivity contribution in [2.75, 3.05) is 7.05 Å². The average Bonchev–Trinajstić information content (AvgIpc) is 3.07. The number of halogens is 1. The number of nitrogens with zero attached hydrogens (tertiary/aromatic N) is 3. The van der Waals surface area contributed by atoms with Gasteiger partial charge in [0, 0.05) is 26.1 Å². The van der Waals surface area contributed by atoms with Crippen LogP contribution in [0.25, 0.3) is 0 Å². The molecular weight excluding hydrogens is 337 g/mol. The zero-order valence-corrected chi connectivity index (χ0v) is 14.5. The first-order valence-corrected chi connectivity index (χ1v) is 8.04. The number of rotatable bonds is 6. The van der Waals surface area contributed by atoms with Crippen LogP contribution >= 0.6 is 0 Å². The van der Waals surface area contributed by atoms with Crippen LogP contribution in [-0.2, 0) is 13.2 Å². The normalized spacial score (nSPS) is 10.6. The fraction of sp³-hybridized carbons (Fsp3) is 0.211. The Kier molecular flexibility index (Phi) is 5.26. The van der Waals surface area contributed by atoms with Gasteiger partial charge in [-0.2, -0.15) is 4.98 Å². The number of hydrogen-bond acceptors (Lipinski definition) is 5. The lowest BCUT2D eigenvalue weighted by Gasteiger charge is -2.19. The summed E-state index contributed by atoms with van der Waals surface area (Å²) in [5, 5.41) is 3.76. The van der Waals surface area contributed by atoms with E-state index in [1.165, 1.54) is 11.0 Å². The van der Waals surface area contributed by atoms with E-state index in [4.69, 9.17) is 9.26 Å². The third kappa shape index (κ3) is 4.05. The summed E-state index contributed by atoms with van der Waals surface area (Å²) in [5.41, 5.74) is 0.829. The van der Waals surface area contributed by atoms with E-state index in [0.717, 1.165) is 0 Å². The van der Waals surface area contributed by atoms with E-state index in [2.05, 4.69) is 10.1 Å². The van der Waals surface area contributed by atoms with Crippen molar-refractivity contribution in [1.82, 2.24) is 15.0 Å². The average molecular weight is 355 g/mol. The summed E-state index contributed by atoms with van der Waals surface area (Å²) in [4.78, 5) is 18.3. The van der Waals surface area contributed by atoms with Gasteiger partial charge in [-0.1, -0.05) is 35.5 Å². The third-order valence-corrected chi connectivity index (χ3v) is 3.76. The predicted octanol–water partition coefficient (Wildman–Crippen LogP) is 3.37. The molecule has 26 heavy (non-hydrogen) atoms. The molecular formula is C19H18FN3O3. The van der Waals surface area contributed by atoms with Crippen molar-refractivity contribution in [2.24, 2.45) is 0 Å². The summed E-state index contributed by atoms with van der Waals surface area (Å²) in [5.74, 6) is 0.625. The molecule has 6 nitrogen and oxygen atoms in total. The van der Waals surface area contributed by atoms with E-state index in [-0.39, 0.29) is 24.9 Å². The molecule has 0 saturated heterocycles. The molecule has 0 saturated carbocycles. The SMILES string of the molecule is Cc1nc(COc2ccccc2C(=O)N(C)Cc2ccccc2F)no1. The molecule has 3 aromatic rings. The molecule has 2 aromatic carbocycles. The van der Waals surface area contributed by atoms with Gasteiger partial charge in [0.2, 0.25) is 11.7 Å². The molecule has 0 aliphatic carbocycles. The van der Waals surface area contributed by atoms with Gasteiger partial charge in [-0.3, -0.25) is 4.79 Å². The summed E-state index contributed by atoms with van der Waals surface area (Å²) >= 11 is 0. The summed E-state index contributed by atoms with van der Waals surface area (Å²) < 4.78 is 24.4. The number of carbonyl (C=O) groups excluding carboxylic acids is 1. The Hall–Kier alpha value is -3.22. The van der Waals surface area contributed by atoms with Crippen LogP contribution < -0.4 is 4.74 Å². The minimum Gasteiger partial charge on any atom is -0.485 e. The number of benzene rings is 2. The van der Waals surface area contributed by atoms with Gasteiger partial charge in [0.05, 0.1) is 5.56 Å². The van der Waals surface area contributed by atoms with Gasteiger partial charge in [-0.25, -0.2) is 4.39 Å². The van der Waals surface area contributed by atoms with Crippen molar-refractivity contribution in [3.63, 3.8) is 0 Å². The fourth-order valence-corrected chi connectivity index (χ4v) is 2.47. The van der Waals surface area contributed by atoms with Gasteiger partial charge in [0.15, 0.2) is 6.61 Å². The summed E-state index contributed by atoms with van der Waals surface area (Å²) in [7, 11) is 1.62. The monoisotopic (exact) mass is 355 g/mol. The van der Waals surface area contributed by atoms with Crippen LogP contribution in [-0.4, -0.2) is 28.0 Å². The number of para-hydroxylation sites is 1. The summed E-state index contributed by atoms with van der Waals surface area (Å²) in [6, 6.07) is 13.2. The van der Waals surface area contributed by atoms with Crippen LogP contribution in [0.1, 0.15) is 27.6 Å². The van der Waals surface area contributed by atoms with Gasteiger partial charge >= 0.3 is 0 Å². The number of aryl methyl sites for hydroxylation is 1. The van der Waals surface area contributed by atoms with E-state index in [1.54, 1.807) is 56.4 Å². The smallest absolute Gasteiger partial charge is 0.257 e. The molecule has 3 rings (SSSR count). The first kappa shape index (κ1) is 17.6. The second kappa shape index (κ2) is 7.77. The number of aromatic nitrogens is 2. The maximum Gasteiger partial charge on any atom is 0.257 e. The van der Waals surface area contributed by atoms with Crippen molar-refractivity contribution in [2.45, 2.75) is 20.1 Å². The number of amides is 1. The largest absolute Gasteiger partial charge is 0.485 e. The molecule has 0 fully saturated rings. The highest BCUT2D eigenvalue weighted by atomic mass is 19.1. The second-order valence-corrected chi connectivity index (χ2v) is 5.77. The van der Waals surface area contributed by atoms with Gasteiger partial charge in [0.25, 0.3) is 5.91 Å². The number of ether oxygens (including phenoxy) is 1. The molecule has 1 aromatic heterocycles. The molecule has 7 heteroatoms. The number of hydrogen-bond donors (Lipinski definition) is 0. The summed E-state index contributed by atoms with van der Waals surface area (Å²) in [6.07, 6.45) is 0. The molecule has 0 aliphatic rings. The van der Waals surface area contributed by atoms with Crippen LogP contribution in [0.2, 0.25) is 0 Å². The highest BCUT2D eigenvalue weighted by molar-refractivity contribution is 5.96. The third-order valence-electron chi connectivity index (χ3n) is 3.76. The Morgan fingerprint density at radius 2 is 1.92 bits per heavy atom. The zero-order valence-electron chi connectivity index (χ0n) is 14.5.